The number of nitrogens with zero attached hydrogens (tertiary/aromatic N) is 3. The third-order valence-electron chi connectivity index (χ3n) is 4.33. The van der Waals surface area contributed by atoms with E-state index >= 15 is 0 Å². The average molecular weight is 356 g/mol. The Morgan fingerprint density at radius 3 is 2.58 bits per heavy atom. The van der Waals surface area contributed by atoms with Crippen molar-refractivity contribution in [3.63, 3.8) is 0 Å². The van der Waals surface area contributed by atoms with Crippen molar-refractivity contribution in [2.75, 3.05) is 19.6 Å². The normalized spacial score (nSPS) is 18.1. The number of halogens is 1. The number of hydrogen-bond donors (Lipinski definition) is 1. The van der Waals surface area contributed by atoms with Crippen LogP contribution in [0.4, 0.5) is 0 Å². The van der Waals surface area contributed by atoms with E-state index in [2.05, 4.69) is 0 Å². The van der Waals surface area contributed by atoms with Gasteiger partial charge < -0.3 is 19.5 Å². The molecule has 132 valence electrons. The monoisotopic (exact) mass is 355 g/mol. The minimum Gasteiger partial charge on any atom is -0.480 e. The van der Waals surface area contributed by atoms with E-state index in [0.717, 1.165) is 6.42 Å². The zero-order valence-corrected chi connectivity index (χ0v) is 14.6. The molecule has 0 aromatic carbocycles. The summed E-state index contributed by atoms with van der Waals surface area (Å²) in [6.45, 7) is 2.14. The molecule has 0 spiro atoms. The third-order valence-corrected chi connectivity index (χ3v) is 4.53. The second kappa shape index (κ2) is 7.70. The van der Waals surface area contributed by atoms with E-state index in [0.29, 0.717) is 36.6 Å². The van der Waals surface area contributed by atoms with Gasteiger partial charge in [0.2, 0.25) is 5.91 Å². The van der Waals surface area contributed by atoms with Crippen LogP contribution in [-0.2, 0) is 16.6 Å². The second-order valence-electron chi connectivity index (χ2n) is 6.07. The highest BCUT2D eigenvalue weighted by Gasteiger charge is 2.28. The van der Waals surface area contributed by atoms with Gasteiger partial charge in [-0.25, -0.2) is 0 Å². The van der Waals surface area contributed by atoms with Gasteiger partial charge in [0, 0.05) is 39.3 Å². The number of carbonyl (C=O) groups excluding carboxylic acids is 2. The summed E-state index contributed by atoms with van der Waals surface area (Å²) in [6.07, 6.45) is 3.65. The Morgan fingerprint density at radius 1 is 1.33 bits per heavy atom. The molecule has 0 bridgehead atoms. The standard InChI is InChI=1S/C16H22ClN3O4/c1-11(21)20(10-15(22)23)13-4-3-6-19(7-5-13)16(24)14-8-12(17)9-18(14)2/h8-9,13H,3-7,10H2,1-2H3,(H,22,23)/t13-/m0/s1. The molecule has 24 heavy (non-hydrogen) atoms. The number of carbonyl (C=O) groups is 3. The average Bonchev–Trinajstić information content (AvgIpc) is 2.71. The Balaban J connectivity index is 2.06. The van der Waals surface area contributed by atoms with Crippen molar-refractivity contribution in [3.05, 3.63) is 23.0 Å². The van der Waals surface area contributed by atoms with Crippen LogP contribution in [0.15, 0.2) is 12.3 Å². The molecule has 1 aliphatic rings. The summed E-state index contributed by atoms with van der Waals surface area (Å²) < 4.78 is 1.69. The van der Waals surface area contributed by atoms with Gasteiger partial charge in [0.05, 0.1) is 5.02 Å². The van der Waals surface area contributed by atoms with E-state index in [1.165, 1.54) is 11.8 Å². The summed E-state index contributed by atoms with van der Waals surface area (Å²) in [5.74, 6) is -1.38. The molecule has 8 heteroatoms. The van der Waals surface area contributed by atoms with Crippen LogP contribution in [-0.4, -0.2) is 62.9 Å². The number of aryl methyl sites for hydroxylation is 1. The molecule has 7 nitrogen and oxygen atoms in total. The second-order valence-corrected chi connectivity index (χ2v) is 6.51. The molecule has 0 radical (unpaired) electrons. The van der Waals surface area contributed by atoms with Gasteiger partial charge in [-0.15, -0.1) is 0 Å². The van der Waals surface area contributed by atoms with E-state index in [4.69, 9.17) is 16.7 Å². The van der Waals surface area contributed by atoms with Gasteiger partial charge in [-0.05, 0) is 25.3 Å². The van der Waals surface area contributed by atoms with Crippen molar-refractivity contribution in [3.8, 4) is 0 Å². The first-order valence-corrected chi connectivity index (χ1v) is 8.27. The predicted molar refractivity (Wildman–Crippen MR) is 89.0 cm³/mol. The third kappa shape index (κ3) is 4.29. The summed E-state index contributed by atoms with van der Waals surface area (Å²) in [7, 11) is 1.77. The molecule has 1 atom stereocenters. The molecule has 1 aromatic heterocycles. The Kier molecular flexibility index (Phi) is 5.88. The first-order chi connectivity index (χ1) is 11.3. The van der Waals surface area contributed by atoms with Gasteiger partial charge in [0.25, 0.3) is 5.91 Å². The first kappa shape index (κ1) is 18.3. The molecular weight excluding hydrogens is 334 g/mol. The molecule has 0 unspecified atom stereocenters. The van der Waals surface area contributed by atoms with Gasteiger partial charge in [0.1, 0.15) is 12.2 Å². The van der Waals surface area contributed by atoms with Crippen molar-refractivity contribution in [1.82, 2.24) is 14.4 Å². The van der Waals surface area contributed by atoms with E-state index in [1.54, 1.807) is 28.8 Å². The van der Waals surface area contributed by atoms with Crippen LogP contribution >= 0.6 is 11.6 Å². The number of aliphatic carboxylic acids is 1. The predicted octanol–water partition coefficient (Wildman–Crippen LogP) is 1.61. The Morgan fingerprint density at radius 2 is 2.04 bits per heavy atom. The van der Waals surface area contributed by atoms with Gasteiger partial charge in [-0.1, -0.05) is 11.6 Å². The Hall–Kier alpha value is -2.02. The molecule has 1 aromatic rings. The van der Waals surface area contributed by atoms with E-state index in [-0.39, 0.29) is 24.4 Å². The molecule has 1 saturated heterocycles. The molecule has 2 heterocycles. The van der Waals surface area contributed by atoms with Gasteiger partial charge in [-0.3, -0.25) is 14.4 Å². The molecule has 1 fully saturated rings. The summed E-state index contributed by atoms with van der Waals surface area (Å²) in [4.78, 5) is 38.5. The highest BCUT2D eigenvalue weighted by Crippen LogP contribution is 2.20. The van der Waals surface area contributed by atoms with Crippen LogP contribution < -0.4 is 0 Å². The van der Waals surface area contributed by atoms with E-state index < -0.39 is 5.97 Å². The van der Waals surface area contributed by atoms with Crippen LogP contribution in [0.25, 0.3) is 0 Å². The summed E-state index contributed by atoms with van der Waals surface area (Å²) in [5, 5.41) is 9.49. The zero-order chi connectivity index (χ0) is 17.9. The van der Waals surface area contributed by atoms with Crippen LogP contribution in [0.2, 0.25) is 5.02 Å². The summed E-state index contributed by atoms with van der Waals surface area (Å²) >= 11 is 5.94. The lowest BCUT2D eigenvalue weighted by molar-refractivity contribution is -0.145. The fourth-order valence-electron chi connectivity index (χ4n) is 3.14. The topological polar surface area (TPSA) is 82.8 Å². The fraction of sp³-hybridized carbons (Fsp3) is 0.562. The SMILES string of the molecule is CC(=O)N(CC(=O)O)[C@H]1CCCN(C(=O)c2cc(Cl)cn2C)CC1. The smallest absolute Gasteiger partial charge is 0.323 e. The Bertz CT molecular complexity index is 643. The number of hydrogen-bond acceptors (Lipinski definition) is 3. The Labute approximate surface area is 145 Å². The quantitative estimate of drug-likeness (QED) is 0.889. The fourth-order valence-corrected chi connectivity index (χ4v) is 3.39. The van der Waals surface area contributed by atoms with Crippen molar-refractivity contribution in [2.45, 2.75) is 32.2 Å². The molecule has 1 aliphatic heterocycles. The molecule has 2 rings (SSSR count). The van der Waals surface area contributed by atoms with Gasteiger partial charge >= 0.3 is 5.97 Å². The van der Waals surface area contributed by atoms with Crippen LogP contribution in [0, 0.1) is 0 Å². The van der Waals surface area contributed by atoms with Crippen LogP contribution in [0.5, 0.6) is 0 Å². The number of aromatic nitrogens is 1. The highest BCUT2D eigenvalue weighted by atomic mass is 35.5. The summed E-state index contributed by atoms with van der Waals surface area (Å²) in [5.41, 5.74) is 0.521. The number of carboxylic acid groups (broad SMARTS) is 1. The van der Waals surface area contributed by atoms with Gasteiger partial charge in [-0.2, -0.15) is 0 Å². The largest absolute Gasteiger partial charge is 0.480 e. The minimum absolute atomic E-state index is 0.0994. The maximum Gasteiger partial charge on any atom is 0.323 e. The highest BCUT2D eigenvalue weighted by molar-refractivity contribution is 6.31. The zero-order valence-electron chi connectivity index (χ0n) is 13.9. The number of carboxylic acids is 1. The molecular formula is C16H22ClN3O4. The lowest BCUT2D eigenvalue weighted by Gasteiger charge is -2.28. The van der Waals surface area contributed by atoms with E-state index in [1.807, 2.05) is 0 Å². The number of rotatable bonds is 4. The van der Waals surface area contributed by atoms with Crippen molar-refractivity contribution < 1.29 is 19.5 Å². The maximum absolute atomic E-state index is 12.6. The molecule has 2 amide bonds. The summed E-state index contributed by atoms with van der Waals surface area (Å²) in [6, 6.07) is 1.48. The number of likely N-dealkylation sites (tertiary alicyclic amines) is 1. The first-order valence-electron chi connectivity index (χ1n) is 7.89. The lowest BCUT2D eigenvalue weighted by atomic mass is 10.1. The van der Waals surface area contributed by atoms with Crippen molar-refractivity contribution in [2.24, 2.45) is 7.05 Å². The maximum atomic E-state index is 12.6. The molecule has 0 saturated carbocycles. The minimum atomic E-state index is -1.03. The molecule has 1 N–H and O–H groups in total. The van der Waals surface area contributed by atoms with Crippen LogP contribution in [0.1, 0.15) is 36.7 Å². The van der Waals surface area contributed by atoms with E-state index in [9.17, 15) is 14.4 Å². The van der Waals surface area contributed by atoms with Crippen molar-refractivity contribution in [1.29, 1.82) is 0 Å². The van der Waals surface area contributed by atoms with Crippen LogP contribution in [0.3, 0.4) is 0 Å². The molecule has 0 aliphatic carbocycles. The van der Waals surface area contributed by atoms with Gasteiger partial charge in [0.15, 0.2) is 0 Å². The number of amides is 2. The lowest BCUT2D eigenvalue weighted by Crippen LogP contribution is -2.43. The van der Waals surface area contributed by atoms with Crippen molar-refractivity contribution >= 4 is 29.4 Å².